The first kappa shape index (κ1) is 24.5. The number of nitrogens with zero attached hydrogens (tertiary/aromatic N) is 2. The molecular weight excluding hydrogens is 592 g/mol. The predicted octanol–water partition coefficient (Wildman–Crippen LogP) is 3.93. The molecule has 0 aliphatic carbocycles. The molecule has 0 amide bonds. The summed E-state index contributed by atoms with van der Waals surface area (Å²) in [5, 5.41) is 0. The van der Waals surface area contributed by atoms with Crippen LogP contribution in [0.5, 0.6) is 11.5 Å². The molecular formula is C23H20Br2N2O6S. The number of hydrogen-bond donors (Lipinski definition) is 0. The molecule has 1 aliphatic heterocycles. The molecule has 0 radical (unpaired) electrons. The second-order valence-corrected chi connectivity index (χ2v) is 9.82. The number of carbonyl (C=O) groups excluding carboxylic acids is 1. The Balaban J connectivity index is 2.02. The van der Waals surface area contributed by atoms with Gasteiger partial charge in [0.1, 0.15) is 5.76 Å². The average Bonchev–Trinajstić information content (AvgIpc) is 3.35. The molecule has 1 atom stereocenters. The molecule has 8 nitrogen and oxygen atoms in total. The van der Waals surface area contributed by atoms with Crippen LogP contribution in [0.2, 0.25) is 0 Å². The fourth-order valence-corrected chi connectivity index (χ4v) is 5.59. The second kappa shape index (κ2) is 9.93. The highest BCUT2D eigenvalue weighted by atomic mass is 79.9. The van der Waals surface area contributed by atoms with E-state index >= 15 is 0 Å². The number of furan rings is 1. The van der Waals surface area contributed by atoms with E-state index < -0.39 is 12.0 Å². The minimum atomic E-state index is -0.796. The molecule has 0 spiro atoms. The number of rotatable bonds is 6. The van der Waals surface area contributed by atoms with Crippen LogP contribution in [0.4, 0.5) is 0 Å². The first-order chi connectivity index (χ1) is 16.3. The minimum absolute atomic E-state index is 0.188. The van der Waals surface area contributed by atoms with E-state index in [4.69, 9.17) is 18.6 Å². The van der Waals surface area contributed by atoms with Crippen LogP contribution in [0.15, 0.2) is 58.9 Å². The Hall–Kier alpha value is -2.63. The predicted molar refractivity (Wildman–Crippen MR) is 134 cm³/mol. The van der Waals surface area contributed by atoms with Gasteiger partial charge in [-0.1, -0.05) is 27.3 Å². The number of esters is 1. The third-order valence-corrected chi connectivity index (χ3v) is 7.28. The number of benzene rings is 1. The van der Waals surface area contributed by atoms with Gasteiger partial charge in [-0.15, -0.1) is 0 Å². The largest absolute Gasteiger partial charge is 0.493 e. The fourth-order valence-electron chi connectivity index (χ4n) is 3.70. The van der Waals surface area contributed by atoms with E-state index in [2.05, 4.69) is 36.9 Å². The molecule has 2 aromatic heterocycles. The van der Waals surface area contributed by atoms with Gasteiger partial charge in [-0.2, -0.15) is 0 Å². The Labute approximate surface area is 215 Å². The smallest absolute Gasteiger partial charge is 0.338 e. The lowest BCUT2D eigenvalue weighted by molar-refractivity contribution is -0.139. The zero-order chi connectivity index (χ0) is 24.6. The van der Waals surface area contributed by atoms with Crippen molar-refractivity contribution in [3.63, 3.8) is 0 Å². The molecule has 11 heteroatoms. The number of hydrogen-bond acceptors (Lipinski definition) is 8. The highest BCUT2D eigenvalue weighted by molar-refractivity contribution is 9.10. The molecule has 3 heterocycles. The van der Waals surface area contributed by atoms with Crippen LogP contribution < -0.4 is 24.4 Å². The second-order valence-electron chi connectivity index (χ2n) is 7.17. The zero-order valence-electron chi connectivity index (χ0n) is 18.7. The molecule has 0 bridgehead atoms. The number of fused-ring (bicyclic) bond motifs is 1. The number of aromatic nitrogens is 1. The van der Waals surface area contributed by atoms with Gasteiger partial charge in [0.2, 0.25) is 0 Å². The first-order valence-corrected chi connectivity index (χ1v) is 12.6. The van der Waals surface area contributed by atoms with Gasteiger partial charge in [-0.25, -0.2) is 9.79 Å². The van der Waals surface area contributed by atoms with Crippen molar-refractivity contribution in [3.8, 4) is 11.5 Å². The zero-order valence-corrected chi connectivity index (χ0v) is 22.7. The standard InChI is InChI=1S/C23H20Br2N2O6S/c1-5-32-22(29)19-11(2)26-23-27(21(28)17(34-23)8-12-6-7-18(25)33-12)20(19)13-9-15(30-3)16(31-4)10-14(13)24/h6-10,20H,5H2,1-4H3/b17-8-/t20-/m1/s1. The number of carbonyl (C=O) groups is 1. The van der Waals surface area contributed by atoms with Crippen molar-refractivity contribution < 1.29 is 23.4 Å². The van der Waals surface area contributed by atoms with Crippen molar-refractivity contribution in [3.05, 3.63) is 75.7 Å². The summed E-state index contributed by atoms with van der Waals surface area (Å²) in [7, 11) is 3.06. The number of halogens is 2. The molecule has 1 aromatic carbocycles. The van der Waals surface area contributed by atoms with Gasteiger partial charge in [0.15, 0.2) is 21.0 Å². The van der Waals surface area contributed by atoms with Gasteiger partial charge >= 0.3 is 5.97 Å². The van der Waals surface area contributed by atoms with Crippen molar-refractivity contribution in [2.45, 2.75) is 19.9 Å². The molecule has 0 saturated heterocycles. The minimum Gasteiger partial charge on any atom is -0.493 e. The maximum absolute atomic E-state index is 13.6. The third-order valence-electron chi connectivity index (χ3n) is 5.18. The van der Waals surface area contributed by atoms with Gasteiger partial charge < -0.3 is 18.6 Å². The van der Waals surface area contributed by atoms with Gasteiger partial charge in [-0.3, -0.25) is 9.36 Å². The lowest BCUT2D eigenvalue weighted by atomic mass is 9.95. The molecule has 34 heavy (non-hydrogen) atoms. The topological polar surface area (TPSA) is 92.3 Å². The summed E-state index contributed by atoms with van der Waals surface area (Å²) < 4.78 is 24.9. The molecule has 3 aromatic rings. The van der Waals surface area contributed by atoms with E-state index in [0.717, 1.165) is 0 Å². The summed E-state index contributed by atoms with van der Waals surface area (Å²) in [6, 6.07) is 6.18. The Bertz CT molecular complexity index is 1480. The maximum atomic E-state index is 13.6. The number of thiazole rings is 1. The van der Waals surface area contributed by atoms with Crippen molar-refractivity contribution in [1.29, 1.82) is 0 Å². The van der Waals surface area contributed by atoms with Crippen LogP contribution in [-0.4, -0.2) is 31.4 Å². The number of methoxy groups -OCH3 is 2. The summed E-state index contributed by atoms with van der Waals surface area (Å²) in [4.78, 5) is 31.7. The van der Waals surface area contributed by atoms with Crippen LogP contribution in [0, 0.1) is 0 Å². The lowest BCUT2D eigenvalue weighted by Gasteiger charge is -2.26. The van der Waals surface area contributed by atoms with E-state index in [9.17, 15) is 9.59 Å². The quantitative estimate of drug-likeness (QED) is 0.392. The molecule has 0 fully saturated rings. The van der Waals surface area contributed by atoms with Crippen molar-refractivity contribution in [2.75, 3.05) is 20.8 Å². The summed E-state index contributed by atoms with van der Waals surface area (Å²) in [6.07, 6.45) is 1.65. The van der Waals surface area contributed by atoms with Crippen LogP contribution in [0.3, 0.4) is 0 Å². The Morgan fingerprint density at radius 1 is 1.24 bits per heavy atom. The Kier molecular flexibility index (Phi) is 7.15. The summed E-state index contributed by atoms with van der Waals surface area (Å²) >= 11 is 8.07. The fraction of sp³-hybridized carbons (Fsp3) is 0.261. The molecule has 0 N–H and O–H groups in total. The highest BCUT2D eigenvalue weighted by Gasteiger charge is 2.35. The van der Waals surface area contributed by atoms with Crippen LogP contribution in [-0.2, 0) is 9.53 Å². The van der Waals surface area contributed by atoms with Gasteiger partial charge in [0.25, 0.3) is 5.56 Å². The average molecular weight is 612 g/mol. The summed E-state index contributed by atoms with van der Waals surface area (Å²) in [5.41, 5.74) is 1.06. The molecule has 178 valence electrons. The highest BCUT2D eigenvalue weighted by Crippen LogP contribution is 2.40. The molecule has 1 aliphatic rings. The van der Waals surface area contributed by atoms with Gasteiger partial charge in [-0.05, 0) is 59.6 Å². The monoisotopic (exact) mass is 610 g/mol. The first-order valence-electron chi connectivity index (χ1n) is 10.2. The van der Waals surface area contributed by atoms with Gasteiger partial charge in [0, 0.05) is 10.5 Å². The van der Waals surface area contributed by atoms with E-state index in [1.54, 1.807) is 44.2 Å². The third kappa shape index (κ3) is 4.39. The van der Waals surface area contributed by atoms with E-state index in [1.807, 2.05) is 0 Å². The maximum Gasteiger partial charge on any atom is 0.338 e. The Morgan fingerprint density at radius 2 is 1.94 bits per heavy atom. The van der Waals surface area contributed by atoms with E-state index in [-0.39, 0.29) is 17.7 Å². The van der Waals surface area contributed by atoms with E-state index in [1.165, 1.54) is 30.1 Å². The number of ether oxygens (including phenoxy) is 3. The van der Waals surface area contributed by atoms with Gasteiger partial charge in [0.05, 0.1) is 42.7 Å². The number of allylic oxidation sites excluding steroid dienone is 1. The normalized spacial score (nSPS) is 15.7. The molecule has 0 saturated carbocycles. The molecule has 4 rings (SSSR count). The summed E-state index contributed by atoms with van der Waals surface area (Å²) in [5.74, 6) is 0.940. The van der Waals surface area contributed by atoms with Crippen LogP contribution >= 0.6 is 43.2 Å². The molecule has 0 unspecified atom stereocenters. The van der Waals surface area contributed by atoms with Crippen LogP contribution in [0.1, 0.15) is 31.2 Å². The van der Waals surface area contributed by atoms with Crippen molar-refractivity contribution in [1.82, 2.24) is 4.57 Å². The van der Waals surface area contributed by atoms with E-state index in [0.29, 0.717) is 47.0 Å². The SMILES string of the molecule is CCOC(=O)C1=C(C)N=c2s/c(=C\c3ccc(Br)o3)c(=O)n2[C@@H]1c1cc(OC)c(OC)cc1Br. The Morgan fingerprint density at radius 3 is 2.56 bits per heavy atom. The van der Waals surface area contributed by atoms with Crippen molar-refractivity contribution >= 4 is 55.2 Å². The summed E-state index contributed by atoms with van der Waals surface area (Å²) in [6.45, 7) is 3.65. The van der Waals surface area contributed by atoms with Crippen molar-refractivity contribution in [2.24, 2.45) is 4.99 Å². The van der Waals surface area contributed by atoms with Crippen LogP contribution in [0.25, 0.3) is 6.08 Å². The lowest BCUT2D eigenvalue weighted by Crippen LogP contribution is -2.40.